The Morgan fingerprint density at radius 2 is 1.85 bits per heavy atom. The second kappa shape index (κ2) is 5.51. The molecule has 0 saturated heterocycles. The molecule has 0 radical (unpaired) electrons. The van der Waals surface area contributed by atoms with Crippen LogP contribution in [0.2, 0.25) is 0 Å². The van der Waals surface area contributed by atoms with Crippen LogP contribution in [-0.4, -0.2) is 62.4 Å². The van der Waals surface area contributed by atoms with Crippen LogP contribution in [0.4, 0.5) is 0 Å². The first-order valence-electron chi connectivity index (χ1n) is 3.91. The highest BCUT2D eigenvalue weighted by Crippen LogP contribution is 1.93. The minimum atomic E-state index is -3.18. The molecule has 0 aromatic rings. The first-order chi connectivity index (χ1) is 5.90. The number of sulfonamides is 1. The SMILES string of the molecule is CN(C)S(=O)(=O)CCN(N)CCO. The van der Waals surface area contributed by atoms with Crippen molar-refractivity contribution in [1.82, 2.24) is 9.31 Å². The fourth-order valence-electron chi connectivity index (χ4n) is 0.655. The molecule has 0 spiro atoms. The summed E-state index contributed by atoms with van der Waals surface area (Å²) in [5.74, 6) is 5.35. The van der Waals surface area contributed by atoms with Crippen LogP contribution in [0.5, 0.6) is 0 Å². The summed E-state index contributed by atoms with van der Waals surface area (Å²) in [7, 11) is -0.233. The number of hydrazine groups is 1. The summed E-state index contributed by atoms with van der Waals surface area (Å²) in [5, 5.41) is 9.77. The fraction of sp³-hybridized carbons (Fsp3) is 1.00. The minimum Gasteiger partial charge on any atom is -0.395 e. The number of aliphatic hydroxyl groups is 1. The maximum absolute atomic E-state index is 11.2. The average molecular weight is 211 g/mol. The van der Waals surface area contributed by atoms with Crippen molar-refractivity contribution in [3.63, 3.8) is 0 Å². The van der Waals surface area contributed by atoms with Gasteiger partial charge >= 0.3 is 0 Å². The highest BCUT2D eigenvalue weighted by atomic mass is 32.2. The van der Waals surface area contributed by atoms with Gasteiger partial charge in [-0.3, -0.25) is 5.84 Å². The normalized spacial score (nSPS) is 12.8. The van der Waals surface area contributed by atoms with Gasteiger partial charge in [0.1, 0.15) is 0 Å². The third kappa shape index (κ3) is 5.17. The molecular weight excluding hydrogens is 194 g/mol. The number of hydrogen-bond donors (Lipinski definition) is 2. The zero-order valence-electron chi connectivity index (χ0n) is 7.97. The molecular formula is C6H17N3O3S. The Labute approximate surface area is 78.9 Å². The molecule has 7 heteroatoms. The largest absolute Gasteiger partial charge is 0.395 e. The molecule has 0 fully saturated rings. The van der Waals surface area contributed by atoms with Crippen molar-refractivity contribution in [1.29, 1.82) is 0 Å². The van der Waals surface area contributed by atoms with Crippen LogP contribution in [0, 0.1) is 0 Å². The number of nitrogens with zero attached hydrogens (tertiary/aromatic N) is 2. The van der Waals surface area contributed by atoms with Crippen LogP contribution in [-0.2, 0) is 10.0 Å². The van der Waals surface area contributed by atoms with Gasteiger partial charge in [-0.2, -0.15) is 0 Å². The van der Waals surface area contributed by atoms with E-state index in [0.717, 1.165) is 4.31 Å². The van der Waals surface area contributed by atoms with Crippen LogP contribution in [0.1, 0.15) is 0 Å². The van der Waals surface area contributed by atoms with E-state index in [1.54, 1.807) is 0 Å². The van der Waals surface area contributed by atoms with Crippen LogP contribution in [0.15, 0.2) is 0 Å². The molecule has 0 heterocycles. The number of rotatable bonds is 6. The topological polar surface area (TPSA) is 86.9 Å². The van der Waals surface area contributed by atoms with Crippen molar-refractivity contribution in [2.75, 3.05) is 39.5 Å². The van der Waals surface area contributed by atoms with Crippen LogP contribution in [0.25, 0.3) is 0 Å². The van der Waals surface area contributed by atoms with Crippen molar-refractivity contribution < 1.29 is 13.5 Å². The van der Waals surface area contributed by atoms with Crippen molar-refractivity contribution in [3.8, 4) is 0 Å². The lowest BCUT2D eigenvalue weighted by molar-refractivity contribution is 0.205. The summed E-state index contributed by atoms with van der Waals surface area (Å²) in [6.45, 7) is 0.433. The molecule has 0 amide bonds. The third-order valence-electron chi connectivity index (χ3n) is 1.58. The molecule has 0 aliphatic heterocycles. The predicted octanol–water partition coefficient (Wildman–Crippen LogP) is -1.95. The Hall–Kier alpha value is -0.210. The molecule has 13 heavy (non-hydrogen) atoms. The Bertz CT molecular complexity index is 227. The number of aliphatic hydroxyl groups excluding tert-OH is 1. The van der Waals surface area contributed by atoms with E-state index in [-0.39, 0.29) is 25.4 Å². The van der Waals surface area contributed by atoms with E-state index in [2.05, 4.69) is 0 Å². The Kier molecular flexibility index (Phi) is 5.42. The molecule has 0 aliphatic rings. The molecule has 0 aromatic carbocycles. The minimum absolute atomic E-state index is 0.0313. The lowest BCUT2D eigenvalue weighted by atomic mass is 10.6. The van der Waals surface area contributed by atoms with Crippen LogP contribution in [0.3, 0.4) is 0 Å². The van der Waals surface area contributed by atoms with Crippen LogP contribution < -0.4 is 5.84 Å². The Morgan fingerprint density at radius 1 is 1.31 bits per heavy atom. The predicted molar refractivity (Wildman–Crippen MR) is 50.3 cm³/mol. The molecule has 0 unspecified atom stereocenters. The average Bonchev–Trinajstić information content (AvgIpc) is 2.01. The number of nitrogens with two attached hydrogens (primary N) is 1. The van der Waals surface area contributed by atoms with Gasteiger partial charge in [0, 0.05) is 27.2 Å². The van der Waals surface area contributed by atoms with E-state index >= 15 is 0 Å². The quantitative estimate of drug-likeness (QED) is 0.394. The maximum Gasteiger partial charge on any atom is 0.214 e. The smallest absolute Gasteiger partial charge is 0.214 e. The summed E-state index contributed by atoms with van der Waals surface area (Å²) in [6, 6.07) is 0. The monoisotopic (exact) mass is 211 g/mol. The first-order valence-corrected chi connectivity index (χ1v) is 5.52. The first kappa shape index (κ1) is 12.8. The molecule has 0 atom stereocenters. The summed E-state index contributed by atoms with van der Waals surface area (Å²) in [5.41, 5.74) is 0. The maximum atomic E-state index is 11.2. The van der Waals surface area contributed by atoms with Crippen molar-refractivity contribution in [2.24, 2.45) is 5.84 Å². The van der Waals surface area contributed by atoms with E-state index in [1.807, 2.05) is 0 Å². The Balaban J connectivity index is 3.89. The van der Waals surface area contributed by atoms with Gasteiger partial charge in [0.25, 0.3) is 0 Å². The van der Waals surface area contributed by atoms with E-state index < -0.39 is 10.0 Å². The lowest BCUT2D eigenvalue weighted by Crippen LogP contribution is -2.39. The van der Waals surface area contributed by atoms with Gasteiger partial charge in [-0.15, -0.1) is 0 Å². The third-order valence-corrected chi connectivity index (χ3v) is 3.39. The van der Waals surface area contributed by atoms with Gasteiger partial charge in [0.15, 0.2) is 0 Å². The van der Waals surface area contributed by atoms with E-state index in [9.17, 15) is 8.42 Å². The van der Waals surface area contributed by atoms with Crippen molar-refractivity contribution >= 4 is 10.0 Å². The van der Waals surface area contributed by atoms with Crippen molar-refractivity contribution in [3.05, 3.63) is 0 Å². The summed E-state index contributed by atoms with van der Waals surface area (Å²) in [6.07, 6.45) is 0. The van der Waals surface area contributed by atoms with Gasteiger partial charge in [0.05, 0.1) is 12.4 Å². The molecule has 0 bridgehead atoms. The zero-order chi connectivity index (χ0) is 10.5. The van der Waals surface area contributed by atoms with Gasteiger partial charge < -0.3 is 5.11 Å². The molecule has 6 nitrogen and oxygen atoms in total. The summed E-state index contributed by atoms with van der Waals surface area (Å²) in [4.78, 5) is 0. The fourth-order valence-corrected chi connectivity index (χ4v) is 1.49. The zero-order valence-corrected chi connectivity index (χ0v) is 8.79. The Morgan fingerprint density at radius 3 is 2.23 bits per heavy atom. The molecule has 0 saturated carbocycles. The van der Waals surface area contributed by atoms with Gasteiger partial charge in [-0.1, -0.05) is 0 Å². The van der Waals surface area contributed by atoms with E-state index in [0.29, 0.717) is 0 Å². The van der Waals surface area contributed by atoms with Gasteiger partial charge in [-0.25, -0.2) is 17.7 Å². The highest BCUT2D eigenvalue weighted by Gasteiger charge is 2.14. The molecule has 0 aliphatic carbocycles. The molecule has 3 N–H and O–H groups in total. The van der Waals surface area contributed by atoms with E-state index in [1.165, 1.54) is 19.1 Å². The van der Waals surface area contributed by atoms with Gasteiger partial charge in [-0.05, 0) is 0 Å². The molecule has 80 valence electrons. The lowest BCUT2D eigenvalue weighted by Gasteiger charge is -2.16. The van der Waals surface area contributed by atoms with Crippen LogP contribution >= 0.6 is 0 Å². The molecule has 0 aromatic heterocycles. The van der Waals surface area contributed by atoms with Crippen molar-refractivity contribution in [2.45, 2.75) is 0 Å². The summed E-state index contributed by atoms with van der Waals surface area (Å²) >= 11 is 0. The second-order valence-corrected chi connectivity index (χ2v) is 5.16. The standard InChI is InChI=1S/C6H17N3O3S/c1-8(2)13(11,12)6-4-9(7)3-5-10/h10H,3-7H2,1-2H3. The molecule has 0 rings (SSSR count). The van der Waals surface area contributed by atoms with E-state index in [4.69, 9.17) is 10.9 Å². The second-order valence-electron chi connectivity index (χ2n) is 2.86. The summed E-state index contributed by atoms with van der Waals surface area (Å²) < 4.78 is 23.6. The number of hydrogen-bond acceptors (Lipinski definition) is 5. The van der Waals surface area contributed by atoms with Gasteiger partial charge in [0.2, 0.25) is 10.0 Å². The highest BCUT2D eigenvalue weighted by molar-refractivity contribution is 7.89.